The van der Waals surface area contributed by atoms with E-state index in [9.17, 15) is 33.6 Å². The Morgan fingerprint density at radius 2 is 1.25 bits per heavy atom. The number of Topliss-reactive ketones (excluding diaryl/α,β-unsaturated/α-hetero) is 2. The molecule has 1 aliphatic rings. The number of benzene rings is 2. The number of carbonyl (C=O) groups excluding carboxylic acids is 7. The van der Waals surface area contributed by atoms with Crippen molar-refractivity contribution in [1.82, 2.24) is 15.5 Å². The molecular weight excluding hydrogens is 817 g/mol. The molecule has 14 nitrogen and oxygen atoms in total. The van der Waals surface area contributed by atoms with Gasteiger partial charge < -0.3 is 35.5 Å². The predicted molar refractivity (Wildman–Crippen MR) is 245 cm³/mol. The maximum Gasteiger partial charge on any atom is 0.408 e. The molecule has 0 unspecified atom stereocenters. The van der Waals surface area contributed by atoms with E-state index in [-0.39, 0.29) is 81.4 Å². The number of nitrogens with one attached hydrogen (secondary N) is 2. The maximum absolute atomic E-state index is 14.5. The Labute approximate surface area is 380 Å². The molecule has 64 heavy (non-hydrogen) atoms. The molecule has 0 radical (unpaired) electrons. The number of ketones is 2. The summed E-state index contributed by atoms with van der Waals surface area (Å²) in [6.45, 7) is 15.1. The third kappa shape index (κ3) is 18.2. The van der Waals surface area contributed by atoms with E-state index in [0.717, 1.165) is 11.1 Å². The predicted octanol–water partition coefficient (Wildman–Crippen LogP) is 6.69. The molecule has 0 aliphatic carbocycles. The molecule has 1 fully saturated rings. The zero-order valence-corrected chi connectivity index (χ0v) is 39.7. The second-order valence-electron chi connectivity index (χ2n) is 19.6. The normalized spacial score (nSPS) is 15.8. The third-order valence-corrected chi connectivity index (χ3v) is 11.3. The van der Waals surface area contributed by atoms with Crippen LogP contribution >= 0.6 is 0 Å². The first-order valence-electron chi connectivity index (χ1n) is 22.8. The zero-order valence-electron chi connectivity index (χ0n) is 39.7. The molecule has 2 aromatic carbocycles. The number of methoxy groups -OCH3 is 1. The molecule has 14 heteroatoms. The van der Waals surface area contributed by atoms with Crippen LogP contribution in [-0.4, -0.2) is 96.3 Å². The number of esters is 2. The van der Waals surface area contributed by atoms with Gasteiger partial charge in [0.2, 0.25) is 11.8 Å². The lowest BCUT2D eigenvalue weighted by atomic mass is 9.75. The van der Waals surface area contributed by atoms with Crippen LogP contribution in [-0.2, 0) is 55.8 Å². The van der Waals surface area contributed by atoms with Gasteiger partial charge in [0.25, 0.3) is 0 Å². The highest BCUT2D eigenvalue weighted by Crippen LogP contribution is 2.38. The monoisotopic (exact) mass is 891 g/mol. The summed E-state index contributed by atoms with van der Waals surface area (Å²) in [6.07, 6.45) is 1.37. The average Bonchev–Trinajstić information content (AvgIpc) is 3.21. The summed E-state index contributed by atoms with van der Waals surface area (Å²) in [7, 11) is 1.27. The van der Waals surface area contributed by atoms with Crippen LogP contribution in [0.15, 0.2) is 60.7 Å². The number of ether oxygens (including phenoxy) is 3. The van der Waals surface area contributed by atoms with Crippen molar-refractivity contribution in [3.8, 4) is 0 Å². The number of unbranched alkanes of at least 4 members (excludes halogenated alkanes) is 1. The number of piperidine rings is 1. The van der Waals surface area contributed by atoms with Crippen LogP contribution in [0.2, 0.25) is 0 Å². The van der Waals surface area contributed by atoms with Crippen molar-refractivity contribution in [2.75, 3.05) is 26.7 Å². The Morgan fingerprint density at radius 1 is 0.719 bits per heavy atom. The summed E-state index contributed by atoms with van der Waals surface area (Å²) in [5.41, 5.74) is 4.75. The van der Waals surface area contributed by atoms with Gasteiger partial charge in [0.05, 0.1) is 31.0 Å². The van der Waals surface area contributed by atoms with E-state index in [4.69, 9.17) is 19.9 Å². The van der Waals surface area contributed by atoms with Crippen LogP contribution in [0.1, 0.15) is 124 Å². The van der Waals surface area contributed by atoms with E-state index in [1.807, 2.05) is 74.5 Å². The summed E-state index contributed by atoms with van der Waals surface area (Å²) in [6, 6.07) is 16.6. The number of alkyl carbamates (subject to hydrolysis) is 1. The molecule has 0 aromatic heterocycles. The van der Waals surface area contributed by atoms with Gasteiger partial charge in [-0.05, 0) is 110 Å². The highest BCUT2D eigenvalue weighted by Gasteiger charge is 2.46. The quantitative estimate of drug-likeness (QED) is 0.0610. The van der Waals surface area contributed by atoms with Crippen LogP contribution in [0.4, 0.5) is 4.79 Å². The zero-order chi connectivity index (χ0) is 47.7. The van der Waals surface area contributed by atoms with Gasteiger partial charge in [-0.2, -0.15) is 0 Å². The molecule has 4 N–H and O–H groups in total. The van der Waals surface area contributed by atoms with Crippen molar-refractivity contribution in [2.45, 2.75) is 149 Å². The highest BCUT2D eigenvalue weighted by molar-refractivity contribution is 5.95. The molecule has 4 atom stereocenters. The Kier molecular flexibility index (Phi) is 20.6. The Hall–Kier alpha value is -5.11. The molecule has 0 saturated carbocycles. The van der Waals surface area contributed by atoms with Gasteiger partial charge in [-0.3, -0.25) is 28.8 Å². The molecule has 1 heterocycles. The largest absolute Gasteiger partial charge is 0.469 e. The smallest absolute Gasteiger partial charge is 0.408 e. The maximum atomic E-state index is 14.5. The average molecular weight is 891 g/mol. The summed E-state index contributed by atoms with van der Waals surface area (Å²) < 4.78 is 16.2. The first kappa shape index (κ1) is 53.2. The van der Waals surface area contributed by atoms with Gasteiger partial charge in [-0.25, -0.2) is 4.79 Å². The van der Waals surface area contributed by atoms with Crippen molar-refractivity contribution >= 4 is 41.4 Å². The van der Waals surface area contributed by atoms with Gasteiger partial charge >= 0.3 is 18.0 Å². The van der Waals surface area contributed by atoms with Crippen LogP contribution in [0.3, 0.4) is 0 Å². The molecular formula is C50H74N4O10. The fourth-order valence-electron chi connectivity index (χ4n) is 8.09. The molecule has 1 saturated heterocycles. The summed E-state index contributed by atoms with van der Waals surface area (Å²) in [5.74, 6) is -4.11. The van der Waals surface area contributed by atoms with Crippen molar-refractivity contribution in [2.24, 2.45) is 28.9 Å². The lowest BCUT2D eigenvalue weighted by Gasteiger charge is -2.40. The fraction of sp³-hybridized carbons (Fsp3) is 0.620. The van der Waals surface area contributed by atoms with Gasteiger partial charge in [-0.1, -0.05) is 80.9 Å². The molecule has 354 valence electrons. The summed E-state index contributed by atoms with van der Waals surface area (Å²) in [5, 5.41) is 5.74. The molecule has 1 aliphatic heterocycles. The SMILES string of the molecule is COC(=O)C1(CC(=O)OC(C)(C)C)CCN(C(=O)[C@@H](CCCCN)CC(=O)[C@@H](CC(C)C)NC(=O)[C@H](CC(=O)[C@@H](Cc2ccccc2)NC(=O)OC(C)(C)C)Cc2ccccc2)CC1. The Balaban J connectivity index is 1.87. The van der Waals surface area contributed by atoms with Gasteiger partial charge in [0, 0.05) is 37.8 Å². The second kappa shape index (κ2) is 24.8. The Morgan fingerprint density at radius 3 is 1.77 bits per heavy atom. The topological polar surface area (TPSA) is 200 Å². The van der Waals surface area contributed by atoms with Crippen LogP contribution in [0.5, 0.6) is 0 Å². The first-order chi connectivity index (χ1) is 30.0. The second-order valence-corrected chi connectivity index (χ2v) is 19.6. The standard InChI is InChI=1S/C50H74N4O10/c1-34(2)28-39(41(55)31-37(22-16-17-25-51)45(59)54-26-23-50(24-27-54,46(60)62-9)33-43(57)63-48(3,4)5)52-44(58)38(29-35-18-12-10-13-19-35)32-42(56)40(30-36-20-14-11-15-21-36)53-47(61)64-49(6,7)8/h10-15,18-21,34,37-40H,16-17,22-33,51H2,1-9H3,(H,52,58)(H,53,61)/t37-,38-,39+,40+/m0/s1. The lowest BCUT2D eigenvalue weighted by molar-refractivity contribution is -0.170. The van der Waals surface area contributed by atoms with Crippen molar-refractivity contribution < 1.29 is 47.8 Å². The number of likely N-dealkylation sites (tertiary alicyclic amines) is 1. The minimum absolute atomic E-state index is 0.0124. The third-order valence-electron chi connectivity index (χ3n) is 11.3. The molecule has 0 bridgehead atoms. The lowest BCUT2D eigenvalue weighted by Crippen LogP contribution is -2.50. The van der Waals surface area contributed by atoms with Crippen molar-refractivity contribution in [3.63, 3.8) is 0 Å². The molecule has 2 aromatic rings. The van der Waals surface area contributed by atoms with Crippen LogP contribution < -0.4 is 16.4 Å². The minimum atomic E-state index is -1.16. The van der Waals surface area contributed by atoms with E-state index in [2.05, 4.69) is 10.6 Å². The number of hydrogen-bond acceptors (Lipinski definition) is 11. The van der Waals surface area contributed by atoms with Crippen molar-refractivity contribution in [1.29, 1.82) is 0 Å². The number of carbonyl (C=O) groups is 7. The van der Waals surface area contributed by atoms with E-state index in [1.54, 1.807) is 46.4 Å². The summed E-state index contributed by atoms with van der Waals surface area (Å²) >= 11 is 0. The molecule has 0 spiro atoms. The number of rotatable bonds is 23. The number of nitrogens with zero attached hydrogens (tertiary/aromatic N) is 1. The van der Waals surface area contributed by atoms with E-state index in [1.165, 1.54) is 7.11 Å². The van der Waals surface area contributed by atoms with Crippen LogP contribution in [0.25, 0.3) is 0 Å². The van der Waals surface area contributed by atoms with Gasteiger partial charge in [-0.15, -0.1) is 0 Å². The van der Waals surface area contributed by atoms with E-state index >= 15 is 0 Å². The number of hydrogen-bond donors (Lipinski definition) is 3. The fourth-order valence-corrected chi connectivity index (χ4v) is 8.09. The molecule has 3 amide bonds. The number of amides is 3. The van der Waals surface area contributed by atoms with Crippen molar-refractivity contribution in [3.05, 3.63) is 71.8 Å². The van der Waals surface area contributed by atoms with E-state index < -0.39 is 64.5 Å². The minimum Gasteiger partial charge on any atom is -0.469 e. The van der Waals surface area contributed by atoms with Crippen LogP contribution in [0, 0.1) is 23.2 Å². The van der Waals surface area contributed by atoms with Gasteiger partial charge in [0.1, 0.15) is 11.2 Å². The number of nitrogens with two attached hydrogens (primary N) is 1. The van der Waals surface area contributed by atoms with Gasteiger partial charge in [0.15, 0.2) is 11.6 Å². The Bertz CT molecular complexity index is 1850. The summed E-state index contributed by atoms with van der Waals surface area (Å²) in [4.78, 5) is 98.1. The first-order valence-corrected chi connectivity index (χ1v) is 22.8. The van der Waals surface area contributed by atoms with E-state index in [0.29, 0.717) is 32.2 Å². The highest BCUT2D eigenvalue weighted by atomic mass is 16.6. The molecule has 3 rings (SSSR count).